The molecular weight excluding hydrogens is 400 g/mol. The molecule has 0 saturated heterocycles. The predicted octanol–water partition coefficient (Wildman–Crippen LogP) is 3.25. The minimum Gasteiger partial charge on any atom is -0.496 e. The molecule has 3 aromatic carbocycles. The van der Waals surface area contributed by atoms with Gasteiger partial charge in [-0.3, -0.25) is 0 Å². The van der Waals surface area contributed by atoms with Crippen LogP contribution in [-0.2, 0) is 27.4 Å². The van der Waals surface area contributed by atoms with Crippen molar-refractivity contribution >= 4 is 5.97 Å². The van der Waals surface area contributed by atoms with Crippen molar-refractivity contribution < 1.29 is 34.0 Å². The maximum atomic E-state index is 12.6. The van der Waals surface area contributed by atoms with Crippen LogP contribution in [0.4, 0.5) is 0 Å². The van der Waals surface area contributed by atoms with E-state index in [0.717, 1.165) is 11.1 Å². The first kappa shape index (κ1) is 22.5. The summed E-state index contributed by atoms with van der Waals surface area (Å²) in [6, 6.07) is 24.5. The SMILES string of the molecule is COc1ccccc1C(=O)OC(O)(O)C(OCc1ccccc1)OCc1ccccc1. The number of methoxy groups -OCH3 is 1. The molecular formula is C24H24O7. The summed E-state index contributed by atoms with van der Waals surface area (Å²) in [6.07, 6.45) is -1.67. The maximum absolute atomic E-state index is 12.6. The average molecular weight is 424 g/mol. The first-order valence-corrected chi connectivity index (χ1v) is 9.62. The Morgan fingerprint density at radius 3 is 1.81 bits per heavy atom. The molecule has 0 amide bonds. The van der Waals surface area contributed by atoms with E-state index >= 15 is 0 Å². The van der Waals surface area contributed by atoms with Gasteiger partial charge in [0.25, 0.3) is 6.29 Å². The van der Waals surface area contributed by atoms with Crippen molar-refractivity contribution in [2.24, 2.45) is 0 Å². The van der Waals surface area contributed by atoms with E-state index in [1.165, 1.54) is 13.2 Å². The number of rotatable bonds is 10. The van der Waals surface area contributed by atoms with Gasteiger partial charge in [0.2, 0.25) is 0 Å². The summed E-state index contributed by atoms with van der Waals surface area (Å²) in [7, 11) is 1.39. The van der Waals surface area contributed by atoms with Gasteiger partial charge in [-0.1, -0.05) is 72.8 Å². The molecule has 0 saturated carbocycles. The van der Waals surface area contributed by atoms with Crippen molar-refractivity contribution in [2.45, 2.75) is 25.5 Å². The second-order valence-corrected chi connectivity index (χ2v) is 6.67. The number of ether oxygens (including phenoxy) is 4. The molecule has 0 bridgehead atoms. The number of esters is 1. The Labute approximate surface area is 180 Å². The van der Waals surface area contributed by atoms with Gasteiger partial charge in [0.05, 0.1) is 20.3 Å². The van der Waals surface area contributed by atoms with E-state index in [2.05, 4.69) is 0 Å². The van der Waals surface area contributed by atoms with Crippen molar-refractivity contribution in [2.75, 3.05) is 7.11 Å². The van der Waals surface area contributed by atoms with Crippen molar-refractivity contribution in [1.82, 2.24) is 0 Å². The Balaban J connectivity index is 1.75. The van der Waals surface area contributed by atoms with Crippen molar-refractivity contribution in [3.05, 3.63) is 102 Å². The molecule has 31 heavy (non-hydrogen) atoms. The molecule has 162 valence electrons. The fourth-order valence-corrected chi connectivity index (χ4v) is 2.81. The van der Waals surface area contributed by atoms with Crippen molar-refractivity contribution in [3.63, 3.8) is 0 Å². The van der Waals surface area contributed by atoms with Crippen LogP contribution in [0.1, 0.15) is 21.5 Å². The van der Waals surface area contributed by atoms with E-state index in [1.807, 2.05) is 60.7 Å². The molecule has 2 N–H and O–H groups in total. The standard InChI is InChI=1S/C24H24O7/c1-28-21-15-9-8-14-20(21)22(25)31-24(26,27)23(29-16-18-10-4-2-5-11-18)30-17-19-12-6-3-7-13-19/h2-15,23,26-27H,16-17H2,1H3. The van der Waals surface area contributed by atoms with E-state index in [0.29, 0.717) is 0 Å². The molecule has 7 nitrogen and oxygen atoms in total. The highest BCUT2D eigenvalue weighted by Gasteiger charge is 2.42. The quantitative estimate of drug-likeness (QED) is 0.381. The molecule has 0 aliphatic carbocycles. The van der Waals surface area contributed by atoms with Crippen LogP contribution in [0.2, 0.25) is 0 Å². The predicted molar refractivity (Wildman–Crippen MR) is 112 cm³/mol. The van der Waals surface area contributed by atoms with Crippen LogP contribution in [-0.4, -0.2) is 35.6 Å². The molecule has 0 atom stereocenters. The van der Waals surface area contributed by atoms with E-state index in [-0.39, 0.29) is 24.5 Å². The third-order valence-corrected chi connectivity index (χ3v) is 4.37. The second kappa shape index (κ2) is 10.7. The van der Waals surface area contributed by atoms with Gasteiger partial charge in [-0.25, -0.2) is 4.79 Å². The van der Waals surface area contributed by atoms with Gasteiger partial charge in [0, 0.05) is 0 Å². The van der Waals surface area contributed by atoms with E-state index < -0.39 is 18.2 Å². The Morgan fingerprint density at radius 2 is 1.29 bits per heavy atom. The summed E-state index contributed by atoms with van der Waals surface area (Å²) in [6.45, 7) is 0.0186. The molecule has 0 fully saturated rings. The lowest BCUT2D eigenvalue weighted by Crippen LogP contribution is -2.49. The number of hydrogen-bond donors (Lipinski definition) is 2. The van der Waals surface area contributed by atoms with E-state index in [1.54, 1.807) is 18.2 Å². The van der Waals surface area contributed by atoms with Gasteiger partial charge < -0.3 is 29.2 Å². The number of aliphatic hydroxyl groups is 2. The highest BCUT2D eigenvalue weighted by molar-refractivity contribution is 5.92. The van der Waals surface area contributed by atoms with Gasteiger partial charge in [0.15, 0.2) is 0 Å². The van der Waals surface area contributed by atoms with Gasteiger partial charge >= 0.3 is 11.9 Å². The topological polar surface area (TPSA) is 94.5 Å². The summed E-state index contributed by atoms with van der Waals surface area (Å²) >= 11 is 0. The Bertz CT molecular complexity index is 914. The first-order chi connectivity index (χ1) is 15.0. The maximum Gasteiger partial charge on any atom is 0.378 e. The highest BCUT2D eigenvalue weighted by Crippen LogP contribution is 2.24. The largest absolute Gasteiger partial charge is 0.496 e. The lowest BCUT2D eigenvalue weighted by atomic mass is 10.2. The number of hydrogen-bond acceptors (Lipinski definition) is 7. The molecule has 3 rings (SSSR count). The number of para-hydroxylation sites is 1. The summed E-state index contributed by atoms with van der Waals surface area (Å²) in [5, 5.41) is 21.1. The smallest absolute Gasteiger partial charge is 0.378 e. The molecule has 0 aliphatic heterocycles. The van der Waals surface area contributed by atoms with E-state index in [4.69, 9.17) is 18.9 Å². The molecule has 3 aromatic rings. The molecule has 0 radical (unpaired) electrons. The summed E-state index contributed by atoms with van der Waals surface area (Å²) in [5.74, 6) is -3.82. The second-order valence-electron chi connectivity index (χ2n) is 6.67. The molecule has 0 spiro atoms. The third kappa shape index (κ3) is 6.37. The average Bonchev–Trinajstić information content (AvgIpc) is 2.79. The fraction of sp³-hybridized carbons (Fsp3) is 0.208. The lowest BCUT2D eigenvalue weighted by Gasteiger charge is -2.30. The minimum atomic E-state index is -3.05. The van der Waals surface area contributed by atoms with Gasteiger partial charge in [-0.15, -0.1) is 0 Å². The zero-order valence-corrected chi connectivity index (χ0v) is 17.0. The van der Waals surface area contributed by atoms with Gasteiger partial charge in [-0.2, -0.15) is 0 Å². The van der Waals surface area contributed by atoms with Gasteiger partial charge in [0.1, 0.15) is 11.3 Å². The first-order valence-electron chi connectivity index (χ1n) is 9.62. The van der Waals surface area contributed by atoms with Crippen LogP contribution in [0, 0.1) is 0 Å². The van der Waals surface area contributed by atoms with Crippen LogP contribution >= 0.6 is 0 Å². The number of carbonyl (C=O) groups is 1. The van der Waals surface area contributed by atoms with Crippen LogP contribution in [0.3, 0.4) is 0 Å². The number of carbonyl (C=O) groups excluding carboxylic acids is 1. The molecule has 0 aromatic heterocycles. The van der Waals surface area contributed by atoms with Crippen LogP contribution in [0.25, 0.3) is 0 Å². The molecule has 0 aliphatic rings. The van der Waals surface area contributed by atoms with Crippen LogP contribution < -0.4 is 4.74 Å². The normalized spacial score (nSPS) is 11.4. The Kier molecular flexibility index (Phi) is 7.75. The van der Waals surface area contributed by atoms with Gasteiger partial charge in [-0.05, 0) is 23.3 Å². The van der Waals surface area contributed by atoms with E-state index in [9.17, 15) is 15.0 Å². The Morgan fingerprint density at radius 1 is 0.806 bits per heavy atom. The molecule has 0 heterocycles. The van der Waals surface area contributed by atoms with Crippen molar-refractivity contribution in [3.8, 4) is 5.75 Å². The monoisotopic (exact) mass is 424 g/mol. The number of benzene rings is 3. The zero-order valence-electron chi connectivity index (χ0n) is 17.0. The summed E-state index contributed by atoms with van der Waals surface area (Å²) in [4.78, 5) is 12.6. The minimum absolute atomic E-state index is 0.00930. The van der Waals surface area contributed by atoms with Crippen LogP contribution in [0.15, 0.2) is 84.9 Å². The molecule has 7 heteroatoms. The lowest BCUT2D eigenvalue weighted by molar-refractivity contribution is -0.412. The van der Waals surface area contributed by atoms with Crippen LogP contribution in [0.5, 0.6) is 5.75 Å². The third-order valence-electron chi connectivity index (χ3n) is 4.37. The highest BCUT2D eigenvalue weighted by atomic mass is 16.8. The molecule has 0 unspecified atom stereocenters. The zero-order chi connectivity index (χ0) is 22.1. The van der Waals surface area contributed by atoms with Crippen molar-refractivity contribution in [1.29, 1.82) is 0 Å². The summed E-state index contributed by atoms with van der Waals surface area (Å²) < 4.78 is 21.2. The fourth-order valence-electron chi connectivity index (χ4n) is 2.81. The summed E-state index contributed by atoms with van der Waals surface area (Å²) in [5.41, 5.74) is 1.59. The Hall–Kier alpha value is -3.23.